The fourth-order valence-electron chi connectivity index (χ4n) is 2.82. The van der Waals surface area contributed by atoms with E-state index in [9.17, 15) is 4.79 Å². The Morgan fingerprint density at radius 1 is 1.31 bits per heavy atom. The van der Waals surface area contributed by atoms with Crippen LogP contribution in [0.5, 0.6) is 0 Å². The van der Waals surface area contributed by atoms with E-state index in [4.69, 9.17) is 4.74 Å². The van der Waals surface area contributed by atoms with Gasteiger partial charge in [0.1, 0.15) is 6.10 Å². The molecule has 3 heteroatoms. The van der Waals surface area contributed by atoms with E-state index >= 15 is 0 Å². The van der Waals surface area contributed by atoms with Gasteiger partial charge in [0.2, 0.25) is 0 Å². The van der Waals surface area contributed by atoms with Crippen molar-refractivity contribution in [3.8, 4) is 0 Å². The first-order chi connectivity index (χ1) is 7.61. The molecule has 90 valence electrons. The van der Waals surface area contributed by atoms with Gasteiger partial charge < -0.3 is 9.64 Å². The number of fused-ring (bicyclic) bond motifs is 2. The van der Waals surface area contributed by atoms with Gasteiger partial charge in [-0.05, 0) is 33.7 Å². The van der Waals surface area contributed by atoms with Crippen LogP contribution in [-0.2, 0) is 9.53 Å². The van der Waals surface area contributed by atoms with E-state index in [-0.39, 0.29) is 12.1 Å². The fraction of sp³-hybridized carbons (Fsp3) is 0.769. The smallest absolute Gasteiger partial charge is 0.333 e. The molecule has 0 N–H and O–H groups in total. The highest BCUT2D eigenvalue weighted by atomic mass is 16.5. The maximum Gasteiger partial charge on any atom is 0.333 e. The van der Waals surface area contributed by atoms with Crippen LogP contribution in [0.15, 0.2) is 11.6 Å². The van der Waals surface area contributed by atoms with Crippen molar-refractivity contribution in [1.29, 1.82) is 0 Å². The van der Waals surface area contributed by atoms with Crippen molar-refractivity contribution in [2.75, 3.05) is 7.05 Å². The lowest BCUT2D eigenvalue weighted by atomic mass is 10.0. The van der Waals surface area contributed by atoms with Gasteiger partial charge in [-0.2, -0.15) is 0 Å². The standard InChI is InChI=1S/C13H21NO2/c1-4-9(2)13(15)16-12-7-10-5-6-11(8-12)14(10)3/h4,10-12H,5-8H2,1-3H3/b9-4-/t10-,11-/m1/s1. The van der Waals surface area contributed by atoms with Crippen LogP contribution in [0.25, 0.3) is 0 Å². The summed E-state index contributed by atoms with van der Waals surface area (Å²) in [4.78, 5) is 14.1. The lowest BCUT2D eigenvalue weighted by molar-refractivity contribution is -0.147. The van der Waals surface area contributed by atoms with Crippen molar-refractivity contribution in [3.05, 3.63) is 11.6 Å². The molecule has 0 unspecified atom stereocenters. The number of piperidine rings is 1. The van der Waals surface area contributed by atoms with Crippen LogP contribution in [-0.4, -0.2) is 36.1 Å². The topological polar surface area (TPSA) is 29.5 Å². The second kappa shape index (κ2) is 4.58. The Morgan fingerprint density at radius 2 is 1.88 bits per heavy atom. The van der Waals surface area contributed by atoms with Crippen LogP contribution in [0.1, 0.15) is 39.5 Å². The lowest BCUT2D eigenvalue weighted by Gasteiger charge is -2.35. The van der Waals surface area contributed by atoms with Crippen molar-refractivity contribution in [2.45, 2.75) is 57.7 Å². The second-order valence-electron chi connectivity index (χ2n) is 5.02. The van der Waals surface area contributed by atoms with E-state index in [0.29, 0.717) is 17.7 Å². The third-order valence-corrected chi connectivity index (χ3v) is 4.08. The fourth-order valence-corrected chi connectivity index (χ4v) is 2.82. The van der Waals surface area contributed by atoms with Crippen LogP contribution in [0.2, 0.25) is 0 Å². The normalized spacial score (nSPS) is 35.2. The first kappa shape index (κ1) is 11.6. The minimum absolute atomic E-state index is 0.135. The number of hydrogen-bond donors (Lipinski definition) is 0. The van der Waals surface area contributed by atoms with Gasteiger partial charge >= 0.3 is 5.97 Å². The Balaban J connectivity index is 1.92. The van der Waals surface area contributed by atoms with E-state index in [0.717, 1.165) is 12.8 Å². The van der Waals surface area contributed by atoms with Gasteiger partial charge in [0, 0.05) is 30.5 Å². The number of nitrogens with zero attached hydrogens (tertiary/aromatic N) is 1. The molecule has 2 aliphatic heterocycles. The summed E-state index contributed by atoms with van der Waals surface area (Å²) in [6.45, 7) is 3.68. The zero-order valence-corrected chi connectivity index (χ0v) is 10.4. The molecule has 2 heterocycles. The maximum atomic E-state index is 11.7. The minimum Gasteiger partial charge on any atom is -0.459 e. The highest BCUT2D eigenvalue weighted by Gasteiger charge is 2.39. The molecule has 0 aromatic rings. The van der Waals surface area contributed by atoms with E-state index in [1.807, 2.05) is 19.9 Å². The van der Waals surface area contributed by atoms with E-state index in [2.05, 4.69) is 11.9 Å². The molecule has 2 fully saturated rings. The second-order valence-corrected chi connectivity index (χ2v) is 5.02. The summed E-state index contributed by atoms with van der Waals surface area (Å²) in [5.41, 5.74) is 0.714. The molecule has 0 radical (unpaired) electrons. The SMILES string of the molecule is C/C=C(/C)C(=O)OC1C[C@H]2CC[C@H](C1)N2C. The summed E-state index contributed by atoms with van der Waals surface area (Å²) >= 11 is 0. The van der Waals surface area contributed by atoms with Gasteiger partial charge in [0.25, 0.3) is 0 Å². The van der Waals surface area contributed by atoms with Crippen molar-refractivity contribution >= 4 is 5.97 Å². The number of carbonyl (C=O) groups excluding carboxylic acids is 1. The quantitative estimate of drug-likeness (QED) is 0.530. The molecular weight excluding hydrogens is 202 g/mol. The Kier molecular flexibility index (Phi) is 3.33. The van der Waals surface area contributed by atoms with E-state index < -0.39 is 0 Å². The molecular formula is C13H21NO2. The van der Waals surface area contributed by atoms with E-state index in [1.165, 1.54) is 12.8 Å². The molecule has 0 amide bonds. The largest absolute Gasteiger partial charge is 0.459 e. The predicted octanol–water partition coefficient (Wildman–Crippen LogP) is 2.12. The number of hydrogen-bond acceptors (Lipinski definition) is 3. The number of ether oxygens (including phenoxy) is 1. The molecule has 0 aliphatic carbocycles. The zero-order valence-electron chi connectivity index (χ0n) is 10.4. The van der Waals surface area contributed by atoms with Crippen LogP contribution < -0.4 is 0 Å². The average molecular weight is 223 g/mol. The molecule has 3 nitrogen and oxygen atoms in total. The molecule has 2 aliphatic rings. The summed E-state index contributed by atoms with van der Waals surface area (Å²) in [7, 11) is 2.19. The van der Waals surface area contributed by atoms with Crippen molar-refractivity contribution in [3.63, 3.8) is 0 Å². The average Bonchev–Trinajstić information content (AvgIpc) is 2.52. The number of rotatable bonds is 2. The summed E-state index contributed by atoms with van der Waals surface area (Å²) in [5, 5.41) is 0. The molecule has 0 aromatic heterocycles. The van der Waals surface area contributed by atoms with Gasteiger partial charge in [-0.15, -0.1) is 0 Å². The van der Waals surface area contributed by atoms with Gasteiger partial charge in [-0.25, -0.2) is 4.79 Å². The third kappa shape index (κ3) is 2.14. The van der Waals surface area contributed by atoms with Gasteiger partial charge in [-0.1, -0.05) is 6.08 Å². The maximum absolute atomic E-state index is 11.7. The first-order valence-electron chi connectivity index (χ1n) is 6.17. The molecule has 2 bridgehead atoms. The highest BCUT2D eigenvalue weighted by Crippen LogP contribution is 2.35. The molecule has 2 saturated heterocycles. The number of esters is 1. The third-order valence-electron chi connectivity index (χ3n) is 4.08. The summed E-state index contributed by atoms with van der Waals surface area (Å²) in [6.07, 6.45) is 6.49. The Bertz CT molecular complexity index is 297. The van der Waals surface area contributed by atoms with Gasteiger partial charge in [-0.3, -0.25) is 0 Å². The van der Waals surface area contributed by atoms with E-state index in [1.54, 1.807) is 0 Å². The number of carbonyl (C=O) groups is 1. The van der Waals surface area contributed by atoms with Gasteiger partial charge in [0.15, 0.2) is 0 Å². The van der Waals surface area contributed by atoms with Crippen LogP contribution in [0.4, 0.5) is 0 Å². The predicted molar refractivity (Wildman–Crippen MR) is 63.1 cm³/mol. The molecule has 2 atom stereocenters. The molecule has 0 saturated carbocycles. The lowest BCUT2D eigenvalue weighted by Crippen LogP contribution is -2.43. The Hall–Kier alpha value is -0.830. The monoisotopic (exact) mass is 223 g/mol. The Morgan fingerprint density at radius 3 is 2.38 bits per heavy atom. The summed E-state index contributed by atoms with van der Waals surface area (Å²) in [5.74, 6) is -0.142. The molecule has 16 heavy (non-hydrogen) atoms. The number of allylic oxidation sites excluding steroid dienone is 1. The Labute approximate surface area is 97.5 Å². The van der Waals surface area contributed by atoms with Crippen LogP contribution in [0.3, 0.4) is 0 Å². The first-order valence-corrected chi connectivity index (χ1v) is 6.17. The van der Waals surface area contributed by atoms with Crippen molar-refractivity contribution in [1.82, 2.24) is 4.90 Å². The summed E-state index contributed by atoms with van der Waals surface area (Å²) in [6, 6.07) is 1.25. The van der Waals surface area contributed by atoms with Crippen molar-refractivity contribution < 1.29 is 9.53 Å². The van der Waals surface area contributed by atoms with Gasteiger partial charge in [0.05, 0.1) is 0 Å². The molecule has 0 spiro atoms. The van der Waals surface area contributed by atoms with Crippen LogP contribution >= 0.6 is 0 Å². The molecule has 0 aromatic carbocycles. The van der Waals surface area contributed by atoms with Crippen molar-refractivity contribution in [2.24, 2.45) is 0 Å². The zero-order chi connectivity index (χ0) is 11.7. The van der Waals surface area contributed by atoms with Crippen LogP contribution in [0, 0.1) is 0 Å². The highest BCUT2D eigenvalue weighted by molar-refractivity contribution is 5.87. The summed E-state index contributed by atoms with van der Waals surface area (Å²) < 4.78 is 5.54. The minimum atomic E-state index is -0.142. The molecule has 2 rings (SSSR count).